The van der Waals surface area contributed by atoms with E-state index in [0.29, 0.717) is 12.2 Å². The van der Waals surface area contributed by atoms with Gasteiger partial charge in [-0.2, -0.15) is 0 Å². The number of aromatic carboxylic acids is 1. The van der Waals surface area contributed by atoms with Crippen molar-refractivity contribution in [1.82, 2.24) is 10.3 Å². The Morgan fingerprint density at radius 2 is 2.15 bits per heavy atom. The van der Waals surface area contributed by atoms with Gasteiger partial charge in [0.2, 0.25) is 0 Å². The first-order valence-electron chi connectivity index (χ1n) is 6.52. The van der Waals surface area contributed by atoms with Crippen LogP contribution in [0.1, 0.15) is 45.8 Å². The van der Waals surface area contributed by atoms with E-state index in [-0.39, 0.29) is 22.8 Å². The van der Waals surface area contributed by atoms with Crippen molar-refractivity contribution >= 4 is 11.9 Å². The fraction of sp³-hybridized carbons (Fsp3) is 0.500. The van der Waals surface area contributed by atoms with E-state index in [0.717, 1.165) is 19.3 Å². The van der Waals surface area contributed by atoms with Crippen molar-refractivity contribution in [2.45, 2.75) is 31.8 Å². The molecule has 1 aliphatic rings. The van der Waals surface area contributed by atoms with Gasteiger partial charge in [-0.15, -0.1) is 0 Å². The molecule has 0 atom stereocenters. The van der Waals surface area contributed by atoms with Gasteiger partial charge < -0.3 is 15.2 Å². The van der Waals surface area contributed by atoms with E-state index in [4.69, 9.17) is 9.84 Å². The highest BCUT2D eigenvalue weighted by Gasteiger charge is 2.37. The minimum atomic E-state index is -1.05. The van der Waals surface area contributed by atoms with Crippen LogP contribution in [0.25, 0.3) is 0 Å². The average Bonchev–Trinajstić information content (AvgIpc) is 2.37. The number of carboxylic acids is 1. The molecule has 0 aromatic carbocycles. The zero-order valence-electron chi connectivity index (χ0n) is 11.6. The largest absolute Gasteiger partial charge is 0.478 e. The molecule has 1 amide bonds. The molecular weight excluding hydrogens is 260 g/mol. The number of hydrogen-bond donors (Lipinski definition) is 2. The third kappa shape index (κ3) is 2.80. The smallest absolute Gasteiger partial charge is 0.337 e. The van der Waals surface area contributed by atoms with Crippen LogP contribution in [0.3, 0.4) is 0 Å². The summed E-state index contributed by atoms with van der Waals surface area (Å²) in [6, 6.07) is 2.82. The van der Waals surface area contributed by atoms with Gasteiger partial charge >= 0.3 is 5.97 Å². The summed E-state index contributed by atoms with van der Waals surface area (Å²) in [7, 11) is 1.65. The number of rotatable bonds is 5. The second kappa shape index (κ2) is 5.58. The summed E-state index contributed by atoms with van der Waals surface area (Å²) >= 11 is 0. The molecule has 2 N–H and O–H groups in total. The van der Waals surface area contributed by atoms with E-state index in [1.165, 1.54) is 12.1 Å². The van der Waals surface area contributed by atoms with Crippen molar-refractivity contribution in [2.75, 3.05) is 13.7 Å². The summed E-state index contributed by atoms with van der Waals surface area (Å²) < 4.78 is 5.42. The molecule has 1 aromatic heterocycles. The zero-order valence-corrected chi connectivity index (χ0v) is 11.6. The van der Waals surface area contributed by atoms with Crippen molar-refractivity contribution in [3.63, 3.8) is 0 Å². The van der Waals surface area contributed by atoms with Gasteiger partial charge in [0.15, 0.2) is 0 Å². The zero-order chi connectivity index (χ0) is 14.8. The fourth-order valence-corrected chi connectivity index (χ4v) is 2.27. The number of carboxylic acid groups (broad SMARTS) is 1. The molecule has 1 aliphatic carbocycles. The lowest BCUT2D eigenvalue weighted by atomic mass is 9.80. The number of nitrogens with one attached hydrogen (secondary N) is 1. The Hall–Kier alpha value is -1.95. The Labute approximate surface area is 117 Å². The third-order valence-electron chi connectivity index (χ3n) is 3.82. The molecule has 6 nitrogen and oxygen atoms in total. The van der Waals surface area contributed by atoms with Gasteiger partial charge in [-0.3, -0.25) is 4.79 Å². The van der Waals surface area contributed by atoms with Crippen LogP contribution in [0.15, 0.2) is 12.1 Å². The van der Waals surface area contributed by atoms with E-state index < -0.39 is 5.97 Å². The molecule has 0 unspecified atom stereocenters. The molecule has 0 radical (unpaired) electrons. The second-order valence-electron chi connectivity index (χ2n) is 5.06. The average molecular weight is 278 g/mol. The highest BCUT2D eigenvalue weighted by atomic mass is 16.5. The van der Waals surface area contributed by atoms with Gasteiger partial charge in [0.25, 0.3) is 5.91 Å². The Morgan fingerprint density at radius 1 is 1.45 bits per heavy atom. The van der Waals surface area contributed by atoms with Crippen LogP contribution in [0.4, 0.5) is 0 Å². The van der Waals surface area contributed by atoms with Crippen molar-refractivity contribution in [2.24, 2.45) is 0 Å². The number of pyridine rings is 1. The Kier molecular flexibility index (Phi) is 4.04. The summed E-state index contributed by atoms with van der Waals surface area (Å²) in [6.07, 6.45) is 2.98. The second-order valence-corrected chi connectivity index (χ2v) is 5.06. The van der Waals surface area contributed by atoms with Crippen molar-refractivity contribution in [1.29, 1.82) is 0 Å². The van der Waals surface area contributed by atoms with E-state index in [1.54, 1.807) is 14.0 Å². The first-order valence-corrected chi connectivity index (χ1v) is 6.52. The molecule has 1 heterocycles. The quantitative estimate of drug-likeness (QED) is 0.849. The summed E-state index contributed by atoms with van der Waals surface area (Å²) in [5.74, 6) is -1.36. The van der Waals surface area contributed by atoms with E-state index >= 15 is 0 Å². The molecule has 1 aromatic rings. The third-order valence-corrected chi connectivity index (χ3v) is 3.82. The Bertz CT molecular complexity index is 532. The lowest BCUT2D eigenvalue weighted by Crippen LogP contribution is -2.49. The van der Waals surface area contributed by atoms with Gasteiger partial charge in [0, 0.05) is 13.7 Å². The fourth-order valence-electron chi connectivity index (χ4n) is 2.27. The molecule has 0 bridgehead atoms. The molecule has 20 heavy (non-hydrogen) atoms. The SMILES string of the molecule is COC1(CNC(=O)c2ccc(C(=O)O)c(C)n2)CCC1. The number of hydrogen-bond acceptors (Lipinski definition) is 4. The molecule has 108 valence electrons. The number of amides is 1. The maximum Gasteiger partial charge on any atom is 0.337 e. The van der Waals surface area contributed by atoms with Crippen LogP contribution in [0, 0.1) is 6.92 Å². The molecule has 6 heteroatoms. The van der Waals surface area contributed by atoms with Gasteiger partial charge in [0.1, 0.15) is 5.69 Å². The molecule has 0 saturated heterocycles. The van der Waals surface area contributed by atoms with Gasteiger partial charge in [-0.05, 0) is 38.3 Å². The number of aryl methyl sites for hydroxylation is 1. The molecular formula is C14H18N2O4. The van der Waals surface area contributed by atoms with Gasteiger partial charge in [0.05, 0.1) is 16.9 Å². The summed E-state index contributed by atoms with van der Waals surface area (Å²) in [5, 5.41) is 11.7. The number of ether oxygens (including phenoxy) is 1. The number of carbonyl (C=O) groups is 2. The lowest BCUT2D eigenvalue weighted by molar-refractivity contribution is -0.0679. The highest BCUT2D eigenvalue weighted by molar-refractivity contribution is 5.94. The standard InChI is InChI=1S/C14H18N2O4/c1-9-10(13(18)19)4-5-11(16-9)12(17)15-8-14(20-2)6-3-7-14/h4-5H,3,6-8H2,1-2H3,(H,15,17)(H,18,19). The van der Waals surface area contributed by atoms with Crippen LogP contribution in [-0.2, 0) is 4.74 Å². The van der Waals surface area contributed by atoms with Crippen LogP contribution in [-0.4, -0.2) is 41.2 Å². The van der Waals surface area contributed by atoms with E-state index in [2.05, 4.69) is 10.3 Å². The molecule has 1 saturated carbocycles. The molecule has 0 spiro atoms. The highest BCUT2D eigenvalue weighted by Crippen LogP contribution is 2.34. The first kappa shape index (κ1) is 14.5. The summed E-state index contributed by atoms with van der Waals surface area (Å²) in [6.45, 7) is 2.02. The number of nitrogens with zero attached hydrogens (tertiary/aromatic N) is 1. The molecule has 1 fully saturated rings. The van der Waals surface area contributed by atoms with Crippen molar-refractivity contribution in [3.05, 3.63) is 29.1 Å². The van der Waals surface area contributed by atoms with E-state index in [9.17, 15) is 9.59 Å². The minimum absolute atomic E-state index is 0.105. The Morgan fingerprint density at radius 3 is 2.60 bits per heavy atom. The lowest BCUT2D eigenvalue weighted by Gasteiger charge is -2.40. The maximum absolute atomic E-state index is 12.0. The predicted molar refractivity (Wildman–Crippen MR) is 71.9 cm³/mol. The Balaban J connectivity index is 2.02. The van der Waals surface area contributed by atoms with Crippen LogP contribution < -0.4 is 5.32 Å². The molecule has 0 aliphatic heterocycles. The van der Waals surface area contributed by atoms with Crippen LogP contribution >= 0.6 is 0 Å². The number of methoxy groups -OCH3 is 1. The first-order chi connectivity index (χ1) is 9.47. The van der Waals surface area contributed by atoms with Crippen LogP contribution in [0.5, 0.6) is 0 Å². The topological polar surface area (TPSA) is 88.5 Å². The molecule has 2 rings (SSSR count). The number of aromatic nitrogens is 1. The van der Waals surface area contributed by atoms with Crippen LogP contribution in [0.2, 0.25) is 0 Å². The van der Waals surface area contributed by atoms with Gasteiger partial charge in [-0.25, -0.2) is 9.78 Å². The van der Waals surface area contributed by atoms with E-state index in [1.807, 2.05) is 0 Å². The van der Waals surface area contributed by atoms with Crippen molar-refractivity contribution in [3.8, 4) is 0 Å². The van der Waals surface area contributed by atoms with Gasteiger partial charge in [-0.1, -0.05) is 0 Å². The summed E-state index contributed by atoms with van der Waals surface area (Å²) in [5.41, 5.74) is 0.411. The normalized spacial score (nSPS) is 16.3. The number of carbonyl (C=O) groups excluding carboxylic acids is 1. The summed E-state index contributed by atoms with van der Waals surface area (Å²) in [4.78, 5) is 26.9. The van der Waals surface area contributed by atoms with Crippen molar-refractivity contribution < 1.29 is 19.4 Å². The minimum Gasteiger partial charge on any atom is -0.478 e. The monoisotopic (exact) mass is 278 g/mol. The maximum atomic E-state index is 12.0. The predicted octanol–water partition coefficient (Wildman–Crippen LogP) is 1.39.